The van der Waals surface area contributed by atoms with Crippen molar-refractivity contribution in [1.29, 1.82) is 0 Å². The summed E-state index contributed by atoms with van der Waals surface area (Å²) < 4.78 is 0. The molecule has 3 heteroatoms. The van der Waals surface area contributed by atoms with E-state index in [1.54, 1.807) is 0 Å². The molecule has 0 aromatic carbocycles. The van der Waals surface area contributed by atoms with E-state index >= 15 is 0 Å². The van der Waals surface area contributed by atoms with E-state index in [0.717, 1.165) is 13.1 Å². The van der Waals surface area contributed by atoms with Crippen molar-refractivity contribution in [2.45, 2.75) is 52.0 Å². The monoisotopic (exact) mass is 396 g/mol. The molecule has 2 saturated heterocycles. The van der Waals surface area contributed by atoms with Crippen molar-refractivity contribution in [2.24, 2.45) is 5.41 Å². The van der Waals surface area contributed by atoms with Crippen LogP contribution in [-0.4, -0.2) is 36.6 Å². The minimum absolute atomic E-state index is 0. The van der Waals surface area contributed by atoms with Gasteiger partial charge < -0.3 is 5.32 Å². The molecular formula is C13H25N2Re-. The maximum atomic E-state index is 4.64. The van der Waals surface area contributed by atoms with Gasteiger partial charge in [0.2, 0.25) is 0 Å². The third kappa shape index (κ3) is 3.29. The van der Waals surface area contributed by atoms with Gasteiger partial charge in [0.05, 0.1) is 0 Å². The molecule has 0 N–H and O–H groups in total. The minimum Gasteiger partial charge on any atom is -0.662 e. The van der Waals surface area contributed by atoms with Crippen LogP contribution in [0.2, 0.25) is 0 Å². The summed E-state index contributed by atoms with van der Waals surface area (Å²) >= 11 is 0. The van der Waals surface area contributed by atoms with Crippen LogP contribution in [0, 0.1) is 5.41 Å². The van der Waals surface area contributed by atoms with Crippen LogP contribution in [0.1, 0.15) is 46.5 Å². The molecule has 0 aliphatic carbocycles. The van der Waals surface area contributed by atoms with Crippen LogP contribution in [0.4, 0.5) is 0 Å². The Labute approximate surface area is 114 Å². The van der Waals surface area contributed by atoms with Crippen LogP contribution < -0.4 is 0 Å². The normalized spacial score (nSPS) is 32.4. The molecule has 0 bridgehead atoms. The van der Waals surface area contributed by atoms with Crippen molar-refractivity contribution >= 4 is 0 Å². The van der Waals surface area contributed by atoms with Crippen LogP contribution in [0.25, 0.3) is 5.32 Å². The van der Waals surface area contributed by atoms with Crippen LogP contribution in [0.5, 0.6) is 0 Å². The molecule has 0 aromatic heterocycles. The first kappa shape index (κ1) is 14.6. The molecule has 2 rings (SSSR count). The van der Waals surface area contributed by atoms with Gasteiger partial charge in [-0.05, 0) is 52.0 Å². The predicted octanol–water partition coefficient (Wildman–Crippen LogP) is 3.03. The second kappa shape index (κ2) is 5.48. The Kier molecular flexibility index (Phi) is 5.02. The smallest absolute Gasteiger partial charge is 0.0125 e. The van der Waals surface area contributed by atoms with E-state index in [1.165, 1.54) is 38.8 Å². The Morgan fingerprint density at radius 3 is 2.38 bits per heavy atom. The van der Waals surface area contributed by atoms with Gasteiger partial charge in [-0.1, -0.05) is 6.42 Å². The maximum absolute atomic E-state index is 4.64. The van der Waals surface area contributed by atoms with Gasteiger partial charge in [-0.2, -0.15) is 0 Å². The zero-order chi connectivity index (χ0) is 10.9. The van der Waals surface area contributed by atoms with Gasteiger partial charge in [-0.25, -0.2) is 0 Å². The fraction of sp³-hybridized carbons (Fsp3) is 1.00. The van der Waals surface area contributed by atoms with Gasteiger partial charge in [-0.15, -0.1) is 13.1 Å². The fourth-order valence-electron chi connectivity index (χ4n) is 3.07. The zero-order valence-corrected chi connectivity index (χ0v) is 13.6. The molecule has 2 aliphatic heterocycles. The molecule has 1 spiro atoms. The Bertz CT molecular complexity index is 211. The molecule has 2 heterocycles. The fourth-order valence-corrected chi connectivity index (χ4v) is 3.07. The predicted molar refractivity (Wildman–Crippen MR) is 65.3 cm³/mol. The van der Waals surface area contributed by atoms with Crippen LogP contribution in [-0.2, 0) is 20.4 Å². The molecule has 2 fully saturated rings. The second-order valence-electron chi connectivity index (χ2n) is 6.40. The van der Waals surface area contributed by atoms with E-state index in [2.05, 4.69) is 31.0 Å². The largest absolute Gasteiger partial charge is 0.662 e. The van der Waals surface area contributed by atoms with E-state index < -0.39 is 0 Å². The first-order chi connectivity index (χ1) is 7.02. The summed E-state index contributed by atoms with van der Waals surface area (Å²) in [5.41, 5.74) is 0.884. The van der Waals surface area contributed by atoms with Crippen molar-refractivity contribution in [1.82, 2.24) is 4.90 Å². The van der Waals surface area contributed by atoms with E-state index in [9.17, 15) is 0 Å². The van der Waals surface area contributed by atoms with Crippen molar-refractivity contribution in [2.75, 3.05) is 26.2 Å². The Balaban J connectivity index is 0.00000128. The summed E-state index contributed by atoms with van der Waals surface area (Å²) in [5, 5.41) is 4.64. The van der Waals surface area contributed by atoms with Crippen molar-refractivity contribution in [3.05, 3.63) is 5.32 Å². The van der Waals surface area contributed by atoms with Gasteiger partial charge in [0.25, 0.3) is 0 Å². The molecule has 2 nitrogen and oxygen atoms in total. The topological polar surface area (TPSA) is 17.3 Å². The molecule has 16 heavy (non-hydrogen) atoms. The molecule has 2 aliphatic rings. The summed E-state index contributed by atoms with van der Waals surface area (Å²) in [6.07, 6.45) is 5.50. The van der Waals surface area contributed by atoms with Crippen molar-refractivity contribution < 1.29 is 20.4 Å². The van der Waals surface area contributed by atoms with E-state index in [-0.39, 0.29) is 20.4 Å². The zero-order valence-electron chi connectivity index (χ0n) is 10.9. The average Bonchev–Trinajstić information content (AvgIpc) is 2.18. The summed E-state index contributed by atoms with van der Waals surface area (Å²) in [4.78, 5) is 2.66. The summed E-state index contributed by atoms with van der Waals surface area (Å²) in [5.74, 6) is 0. The number of piperidine rings is 2. The SMILES string of the molecule is CC(C)(C)N1CCCC2(CCC[N-]C2)C1.[Re]. The first-order valence-corrected chi connectivity index (χ1v) is 6.40. The first-order valence-electron chi connectivity index (χ1n) is 6.40. The molecule has 1 unspecified atom stereocenters. The Hall–Kier alpha value is 0.582. The maximum Gasteiger partial charge on any atom is 0.0125 e. The molecule has 1 radical (unpaired) electrons. The third-order valence-electron chi connectivity index (χ3n) is 4.08. The number of hydrogen-bond acceptors (Lipinski definition) is 1. The molecule has 0 amide bonds. The summed E-state index contributed by atoms with van der Waals surface area (Å²) in [7, 11) is 0. The average molecular weight is 396 g/mol. The van der Waals surface area contributed by atoms with Gasteiger partial charge in [0.15, 0.2) is 0 Å². The van der Waals surface area contributed by atoms with E-state index in [0.29, 0.717) is 11.0 Å². The van der Waals surface area contributed by atoms with Crippen LogP contribution >= 0.6 is 0 Å². The summed E-state index contributed by atoms with van der Waals surface area (Å²) in [6, 6.07) is 0. The van der Waals surface area contributed by atoms with Gasteiger partial charge >= 0.3 is 0 Å². The number of nitrogens with zero attached hydrogens (tertiary/aromatic N) is 2. The molecule has 95 valence electrons. The van der Waals surface area contributed by atoms with E-state index in [4.69, 9.17) is 0 Å². The van der Waals surface area contributed by atoms with Gasteiger partial charge in [0, 0.05) is 32.5 Å². The minimum atomic E-state index is 0. The Morgan fingerprint density at radius 2 is 1.81 bits per heavy atom. The Morgan fingerprint density at radius 1 is 1.12 bits per heavy atom. The standard InChI is InChI=1S/C13H25N2.Re/c1-12(2,3)15-9-5-7-13(11-15)6-4-8-14-10-13;/h4-11H2,1-3H3;/q-1;. The van der Waals surface area contributed by atoms with Crippen LogP contribution in [0.15, 0.2) is 0 Å². The molecule has 0 saturated carbocycles. The van der Waals surface area contributed by atoms with E-state index in [1.807, 2.05) is 0 Å². The molecular weight excluding hydrogens is 370 g/mol. The molecule has 0 aromatic rings. The second-order valence-corrected chi connectivity index (χ2v) is 6.40. The summed E-state index contributed by atoms with van der Waals surface area (Å²) in [6.45, 7) is 11.8. The number of likely N-dealkylation sites (tertiary alicyclic amines) is 1. The van der Waals surface area contributed by atoms with Crippen LogP contribution in [0.3, 0.4) is 0 Å². The van der Waals surface area contributed by atoms with Gasteiger partial charge in [-0.3, -0.25) is 4.90 Å². The van der Waals surface area contributed by atoms with Crippen molar-refractivity contribution in [3.63, 3.8) is 0 Å². The molecule has 1 atom stereocenters. The van der Waals surface area contributed by atoms with Crippen molar-refractivity contribution in [3.8, 4) is 0 Å². The van der Waals surface area contributed by atoms with Gasteiger partial charge in [0.1, 0.15) is 0 Å². The quantitative estimate of drug-likeness (QED) is 0.616. The number of hydrogen-bond donors (Lipinski definition) is 0. The number of rotatable bonds is 0. The third-order valence-corrected chi connectivity index (χ3v) is 4.08.